The number of carbonyl (C=O) groups is 3. The van der Waals surface area contributed by atoms with Crippen LogP contribution >= 0.6 is 0 Å². The van der Waals surface area contributed by atoms with Gasteiger partial charge < -0.3 is 15.5 Å². The molecule has 1 aliphatic rings. The monoisotopic (exact) mass is 439 g/mol. The summed E-state index contributed by atoms with van der Waals surface area (Å²) in [6.07, 6.45) is 1.38. The van der Waals surface area contributed by atoms with Crippen LogP contribution in [-0.2, 0) is 20.8 Å². The van der Waals surface area contributed by atoms with E-state index in [4.69, 9.17) is 5.73 Å². The van der Waals surface area contributed by atoms with Crippen LogP contribution in [0.4, 0.5) is 4.39 Å². The van der Waals surface area contributed by atoms with Crippen molar-refractivity contribution in [2.24, 2.45) is 11.7 Å². The second-order valence-electron chi connectivity index (χ2n) is 8.21. The maximum atomic E-state index is 14.1. The number of rotatable bonds is 8. The van der Waals surface area contributed by atoms with Crippen molar-refractivity contribution in [1.82, 2.24) is 9.80 Å². The van der Waals surface area contributed by atoms with Crippen molar-refractivity contribution in [3.05, 3.63) is 59.9 Å². The fraction of sp³-hybridized carbons (Fsp3) is 0.400. The fourth-order valence-electron chi connectivity index (χ4n) is 4.10. The lowest BCUT2D eigenvalue weighted by Gasteiger charge is -2.24. The molecular weight excluding hydrogens is 409 g/mol. The molecule has 170 valence electrons. The van der Waals surface area contributed by atoms with Crippen molar-refractivity contribution in [1.29, 1.82) is 0 Å². The van der Waals surface area contributed by atoms with Crippen molar-refractivity contribution in [2.45, 2.75) is 32.6 Å². The predicted molar refractivity (Wildman–Crippen MR) is 121 cm³/mol. The molecule has 0 spiro atoms. The number of hydrogen-bond acceptors (Lipinski definition) is 3. The second kappa shape index (κ2) is 10.9. The average molecular weight is 440 g/mol. The summed E-state index contributed by atoms with van der Waals surface area (Å²) < 4.78 is 14.1. The maximum Gasteiger partial charge on any atom is 0.227 e. The van der Waals surface area contributed by atoms with Crippen LogP contribution in [0.2, 0.25) is 0 Å². The molecule has 1 heterocycles. The first-order valence-electron chi connectivity index (χ1n) is 11.1. The lowest BCUT2D eigenvalue weighted by molar-refractivity contribution is -0.135. The number of nitrogens with two attached hydrogens (primary N) is 1. The zero-order valence-electron chi connectivity index (χ0n) is 18.4. The minimum Gasteiger partial charge on any atom is -0.370 e. The van der Waals surface area contributed by atoms with Gasteiger partial charge >= 0.3 is 0 Å². The molecule has 2 aromatic carbocycles. The maximum absolute atomic E-state index is 14.1. The SMILES string of the molecule is CCCN1CCN(C(=O)CCC(N)=O)CC(Cc2ccc(-c3ccccc3F)cc2)C1=O. The van der Waals surface area contributed by atoms with Gasteiger partial charge in [0, 0.05) is 44.6 Å². The van der Waals surface area contributed by atoms with Gasteiger partial charge in [-0.25, -0.2) is 4.39 Å². The Hall–Kier alpha value is -3.22. The number of primary amides is 1. The van der Waals surface area contributed by atoms with Crippen molar-refractivity contribution in [3.63, 3.8) is 0 Å². The Labute approximate surface area is 188 Å². The van der Waals surface area contributed by atoms with Gasteiger partial charge in [-0.2, -0.15) is 0 Å². The quantitative estimate of drug-likeness (QED) is 0.686. The molecule has 1 atom stereocenters. The third-order valence-corrected chi connectivity index (χ3v) is 5.79. The summed E-state index contributed by atoms with van der Waals surface area (Å²) in [5.41, 5.74) is 7.44. The summed E-state index contributed by atoms with van der Waals surface area (Å²) in [4.78, 5) is 40.3. The van der Waals surface area contributed by atoms with Gasteiger partial charge in [-0.15, -0.1) is 0 Å². The van der Waals surface area contributed by atoms with Crippen LogP contribution in [0.3, 0.4) is 0 Å². The molecule has 3 rings (SSSR count). The van der Waals surface area contributed by atoms with Gasteiger partial charge in [0.05, 0.1) is 5.92 Å². The Morgan fingerprint density at radius 3 is 2.44 bits per heavy atom. The van der Waals surface area contributed by atoms with Crippen LogP contribution in [0.15, 0.2) is 48.5 Å². The Morgan fingerprint density at radius 1 is 1.06 bits per heavy atom. The zero-order chi connectivity index (χ0) is 23.1. The topological polar surface area (TPSA) is 83.7 Å². The average Bonchev–Trinajstić information content (AvgIpc) is 2.93. The highest BCUT2D eigenvalue weighted by molar-refractivity contribution is 5.85. The Kier molecular flexibility index (Phi) is 7.98. The van der Waals surface area contributed by atoms with Crippen LogP contribution in [0.5, 0.6) is 0 Å². The van der Waals surface area contributed by atoms with Crippen LogP contribution < -0.4 is 5.73 Å². The van der Waals surface area contributed by atoms with E-state index >= 15 is 0 Å². The molecule has 0 bridgehead atoms. The smallest absolute Gasteiger partial charge is 0.227 e. The standard InChI is InChI=1S/C25H30FN3O3/c1-2-13-28-14-15-29(24(31)12-11-23(27)30)17-20(25(28)32)16-18-7-9-19(10-8-18)21-5-3-4-6-22(21)26/h3-10,20H,2,11-17H2,1H3,(H2,27,30). The van der Waals surface area contributed by atoms with E-state index in [0.29, 0.717) is 38.2 Å². The van der Waals surface area contributed by atoms with Gasteiger partial charge in [0.1, 0.15) is 5.82 Å². The minimum atomic E-state index is -0.511. The van der Waals surface area contributed by atoms with Gasteiger partial charge in [-0.05, 0) is 30.0 Å². The molecule has 1 saturated heterocycles. The van der Waals surface area contributed by atoms with Crippen LogP contribution in [-0.4, -0.2) is 53.7 Å². The summed E-state index contributed by atoms with van der Waals surface area (Å²) in [7, 11) is 0. The molecule has 0 radical (unpaired) electrons. The third kappa shape index (κ3) is 5.93. The summed E-state index contributed by atoms with van der Waals surface area (Å²) >= 11 is 0. The molecule has 0 saturated carbocycles. The Bertz CT molecular complexity index is 961. The van der Waals surface area contributed by atoms with Gasteiger partial charge in [-0.3, -0.25) is 14.4 Å². The number of carbonyl (C=O) groups excluding carboxylic acids is 3. The summed E-state index contributed by atoms with van der Waals surface area (Å²) in [6, 6.07) is 14.1. The number of halogens is 1. The molecule has 2 N–H and O–H groups in total. The normalized spacial score (nSPS) is 16.7. The fourth-order valence-corrected chi connectivity index (χ4v) is 4.10. The first-order chi connectivity index (χ1) is 15.4. The van der Waals surface area contributed by atoms with Gasteiger partial charge in [0.25, 0.3) is 0 Å². The highest BCUT2D eigenvalue weighted by atomic mass is 19.1. The number of amides is 3. The van der Waals surface area contributed by atoms with E-state index in [2.05, 4.69) is 0 Å². The van der Waals surface area contributed by atoms with Crippen LogP contribution in [0, 0.1) is 11.7 Å². The molecule has 7 heteroatoms. The Balaban J connectivity index is 1.76. The molecular formula is C25H30FN3O3. The molecule has 0 aliphatic carbocycles. The molecule has 0 aromatic heterocycles. The first-order valence-corrected chi connectivity index (χ1v) is 11.1. The third-order valence-electron chi connectivity index (χ3n) is 5.79. The van der Waals surface area contributed by atoms with Gasteiger partial charge in [0.15, 0.2) is 0 Å². The highest BCUT2D eigenvalue weighted by Crippen LogP contribution is 2.24. The molecule has 3 amide bonds. The Morgan fingerprint density at radius 2 is 1.78 bits per heavy atom. The molecule has 32 heavy (non-hydrogen) atoms. The summed E-state index contributed by atoms with van der Waals surface area (Å²) in [6.45, 7) is 3.91. The van der Waals surface area contributed by atoms with Crippen LogP contribution in [0.1, 0.15) is 31.7 Å². The van der Waals surface area contributed by atoms with Crippen molar-refractivity contribution >= 4 is 17.7 Å². The summed E-state index contributed by atoms with van der Waals surface area (Å²) in [5, 5.41) is 0. The zero-order valence-corrected chi connectivity index (χ0v) is 18.4. The summed E-state index contributed by atoms with van der Waals surface area (Å²) in [5.74, 6) is -1.28. The first kappa shape index (κ1) is 23.4. The van der Waals surface area contributed by atoms with Gasteiger partial charge in [0.2, 0.25) is 17.7 Å². The lowest BCUT2D eigenvalue weighted by atomic mass is 9.95. The van der Waals surface area contributed by atoms with Crippen molar-refractivity contribution in [3.8, 4) is 11.1 Å². The molecule has 6 nitrogen and oxygen atoms in total. The van der Waals surface area contributed by atoms with Crippen molar-refractivity contribution < 1.29 is 18.8 Å². The van der Waals surface area contributed by atoms with Gasteiger partial charge in [-0.1, -0.05) is 49.4 Å². The van der Waals surface area contributed by atoms with E-state index in [1.807, 2.05) is 36.1 Å². The van der Waals surface area contributed by atoms with E-state index < -0.39 is 5.91 Å². The number of benzene rings is 2. The van der Waals surface area contributed by atoms with Crippen LogP contribution in [0.25, 0.3) is 11.1 Å². The highest BCUT2D eigenvalue weighted by Gasteiger charge is 2.32. The van der Waals surface area contributed by atoms with E-state index in [-0.39, 0.29) is 36.4 Å². The van der Waals surface area contributed by atoms with E-state index in [1.54, 1.807) is 23.1 Å². The van der Waals surface area contributed by atoms with E-state index in [9.17, 15) is 18.8 Å². The number of hydrogen-bond donors (Lipinski definition) is 1. The number of nitrogens with zero attached hydrogens (tertiary/aromatic N) is 2. The van der Waals surface area contributed by atoms with Crippen molar-refractivity contribution in [2.75, 3.05) is 26.2 Å². The van der Waals surface area contributed by atoms with E-state index in [1.165, 1.54) is 6.07 Å². The molecule has 2 aromatic rings. The molecule has 1 aliphatic heterocycles. The minimum absolute atomic E-state index is 0.00410. The lowest BCUT2D eigenvalue weighted by Crippen LogP contribution is -2.38. The molecule has 1 unspecified atom stereocenters. The molecule has 1 fully saturated rings. The van der Waals surface area contributed by atoms with E-state index in [0.717, 1.165) is 17.5 Å². The largest absolute Gasteiger partial charge is 0.370 e. The predicted octanol–water partition coefficient (Wildman–Crippen LogP) is 3.00. The second-order valence-corrected chi connectivity index (χ2v) is 8.21.